The summed E-state index contributed by atoms with van der Waals surface area (Å²) in [6, 6.07) is 20.1. The zero-order chi connectivity index (χ0) is 22.1. The lowest BCUT2D eigenvalue weighted by atomic mass is 10.1. The van der Waals surface area contributed by atoms with E-state index in [2.05, 4.69) is 4.98 Å². The van der Waals surface area contributed by atoms with Crippen LogP contribution < -0.4 is 0 Å². The molecule has 0 radical (unpaired) electrons. The minimum atomic E-state index is -3.82. The Balaban J connectivity index is 1.50. The minimum Gasteiger partial charge on any atom is -0.360 e. The smallest absolute Gasteiger partial charge is 0.296 e. The van der Waals surface area contributed by atoms with Crippen molar-refractivity contribution in [2.75, 3.05) is 6.61 Å². The molecule has 0 unspecified atom stereocenters. The Bertz CT molecular complexity index is 1420. The number of hydrogen-bond acceptors (Lipinski definition) is 5. The Morgan fingerprint density at radius 1 is 0.839 bits per heavy atom. The molecule has 4 aromatic rings. The molecule has 0 fully saturated rings. The summed E-state index contributed by atoms with van der Waals surface area (Å²) in [6.45, 7) is 1.86. The van der Waals surface area contributed by atoms with Crippen molar-refractivity contribution >= 4 is 30.9 Å². The number of H-pyrrole nitrogens is 1. The van der Waals surface area contributed by atoms with E-state index in [1.54, 1.807) is 60.7 Å². The third-order valence-corrected chi connectivity index (χ3v) is 8.13. The Morgan fingerprint density at radius 2 is 1.55 bits per heavy atom. The number of hydrogen-bond donors (Lipinski definition) is 1. The first-order valence-corrected chi connectivity index (χ1v) is 12.5. The van der Waals surface area contributed by atoms with Gasteiger partial charge in [-0.15, -0.1) is 0 Å². The zero-order valence-electron chi connectivity index (χ0n) is 16.8. The number of aromatic amines is 1. The molecular weight excluding hydrogens is 434 g/mol. The molecule has 0 aliphatic heterocycles. The average Bonchev–Trinajstić information content (AvgIpc) is 3.19. The van der Waals surface area contributed by atoms with Gasteiger partial charge in [-0.05, 0) is 49.2 Å². The van der Waals surface area contributed by atoms with Crippen LogP contribution in [0.15, 0.2) is 93.7 Å². The van der Waals surface area contributed by atoms with Crippen LogP contribution >= 0.6 is 0 Å². The van der Waals surface area contributed by atoms with Gasteiger partial charge in [0, 0.05) is 17.1 Å². The topological polar surface area (TPSA) is 93.3 Å². The van der Waals surface area contributed by atoms with Gasteiger partial charge >= 0.3 is 0 Å². The molecule has 1 N–H and O–H groups in total. The number of aryl methyl sites for hydroxylation is 1. The first-order valence-electron chi connectivity index (χ1n) is 9.64. The second-order valence-electron chi connectivity index (χ2n) is 7.19. The van der Waals surface area contributed by atoms with Crippen LogP contribution in [0.1, 0.15) is 11.1 Å². The standard InChI is InChI=1S/C23H21NO5S2/c1-17-7-10-20(11-8-17)31(27,28)29-14-13-18-9-12-21-22(15-18)24-16-23(21)30(25,26)19-5-3-2-4-6-19/h2-12,15-16,24H,13-14H2,1H3. The number of nitrogens with one attached hydrogen (secondary N) is 1. The van der Waals surface area contributed by atoms with E-state index in [1.807, 2.05) is 6.92 Å². The van der Waals surface area contributed by atoms with Crippen LogP contribution in [-0.4, -0.2) is 28.4 Å². The van der Waals surface area contributed by atoms with Crippen molar-refractivity contribution in [3.63, 3.8) is 0 Å². The van der Waals surface area contributed by atoms with Gasteiger partial charge in [-0.2, -0.15) is 8.42 Å². The molecular formula is C23H21NO5S2. The van der Waals surface area contributed by atoms with Crippen molar-refractivity contribution < 1.29 is 21.0 Å². The molecule has 0 saturated carbocycles. The van der Waals surface area contributed by atoms with Gasteiger partial charge in [-0.3, -0.25) is 4.18 Å². The highest BCUT2D eigenvalue weighted by molar-refractivity contribution is 7.91. The molecule has 0 spiro atoms. The van der Waals surface area contributed by atoms with Crippen molar-refractivity contribution in [3.05, 3.63) is 90.1 Å². The lowest BCUT2D eigenvalue weighted by Crippen LogP contribution is -2.09. The Morgan fingerprint density at radius 3 is 2.26 bits per heavy atom. The van der Waals surface area contributed by atoms with Crippen LogP contribution in [0.25, 0.3) is 10.9 Å². The van der Waals surface area contributed by atoms with Crippen LogP contribution in [0.2, 0.25) is 0 Å². The van der Waals surface area contributed by atoms with E-state index >= 15 is 0 Å². The molecule has 0 bridgehead atoms. The summed E-state index contributed by atoms with van der Waals surface area (Å²) in [5.41, 5.74) is 2.46. The van der Waals surface area contributed by atoms with E-state index < -0.39 is 20.0 Å². The normalized spacial score (nSPS) is 12.3. The predicted octanol–water partition coefficient (Wildman–Crippen LogP) is 4.26. The summed E-state index contributed by atoms with van der Waals surface area (Å²) in [6.07, 6.45) is 1.84. The molecule has 3 aromatic carbocycles. The Kier molecular flexibility index (Phi) is 5.70. The number of fused-ring (bicyclic) bond motifs is 1. The van der Waals surface area contributed by atoms with E-state index in [-0.39, 0.29) is 21.3 Å². The monoisotopic (exact) mass is 455 g/mol. The van der Waals surface area contributed by atoms with Gasteiger partial charge in [-0.25, -0.2) is 8.42 Å². The molecule has 0 aliphatic carbocycles. The van der Waals surface area contributed by atoms with E-state index in [0.29, 0.717) is 17.3 Å². The van der Waals surface area contributed by atoms with Crippen LogP contribution in [0, 0.1) is 6.92 Å². The third-order valence-electron chi connectivity index (χ3n) is 4.99. The molecule has 0 atom stereocenters. The summed E-state index contributed by atoms with van der Waals surface area (Å²) >= 11 is 0. The lowest BCUT2D eigenvalue weighted by molar-refractivity contribution is 0.322. The predicted molar refractivity (Wildman–Crippen MR) is 118 cm³/mol. The van der Waals surface area contributed by atoms with Crippen LogP contribution in [0.3, 0.4) is 0 Å². The summed E-state index contributed by atoms with van der Waals surface area (Å²) < 4.78 is 55.6. The van der Waals surface area contributed by atoms with Gasteiger partial charge in [0.05, 0.1) is 21.3 Å². The maximum absolute atomic E-state index is 12.9. The van der Waals surface area contributed by atoms with E-state index in [9.17, 15) is 16.8 Å². The Hall–Kier alpha value is -2.94. The van der Waals surface area contributed by atoms with Gasteiger partial charge < -0.3 is 4.98 Å². The van der Waals surface area contributed by atoms with Crippen molar-refractivity contribution in [2.24, 2.45) is 0 Å². The number of aromatic nitrogens is 1. The number of rotatable bonds is 7. The van der Waals surface area contributed by atoms with Gasteiger partial charge in [0.25, 0.3) is 10.1 Å². The summed E-state index contributed by atoms with van der Waals surface area (Å²) in [5.74, 6) is 0. The van der Waals surface area contributed by atoms with Crippen molar-refractivity contribution in [3.8, 4) is 0 Å². The molecule has 0 amide bonds. The molecule has 4 rings (SSSR count). The molecule has 8 heteroatoms. The van der Waals surface area contributed by atoms with Crippen molar-refractivity contribution in [1.82, 2.24) is 4.98 Å². The first kappa shape index (κ1) is 21.3. The lowest BCUT2D eigenvalue weighted by Gasteiger charge is -2.07. The fraction of sp³-hybridized carbons (Fsp3) is 0.130. The molecule has 1 heterocycles. The van der Waals surface area contributed by atoms with Gasteiger partial charge in [-0.1, -0.05) is 48.0 Å². The van der Waals surface area contributed by atoms with Crippen LogP contribution in [-0.2, 0) is 30.6 Å². The zero-order valence-corrected chi connectivity index (χ0v) is 18.4. The minimum absolute atomic E-state index is 0.0163. The van der Waals surface area contributed by atoms with Crippen LogP contribution in [0.4, 0.5) is 0 Å². The first-order chi connectivity index (χ1) is 14.8. The SMILES string of the molecule is Cc1ccc(S(=O)(=O)OCCc2ccc3c(S(=O)(=O)c4ccccc4)c[nH]c3c2)cc1. The maximum atomic E-state index is 12.9. The molecule has 31 heavy (non-hydrogen) atoms. The van der Waals surface area contributed by atoms with Crippen molar-refractivity contribution in [2.45, 2.75) is 28.0 Å². The van der Waals surface area contributed by atoms with Gasteiger partial charge in [0.15, 0.2) is 0 Å². The second kappa shape index (κ2) is 8.30. The maximum Gasteiger partial charge on any atom is 0.296 e. The third kappa shape index (κ3) is 4.41. The molecule has 0 saturated heterocycles. The van der Waals surface area contributed by atoms with E-state index in [4.69, 9.17) is 4.18 Å². The number of benzene rings is 3. The highest BCUT2D eigenvalue weighted by Crippen LogP contribution is 2.29. The van der Waals surface area contributed by atoms with Gasteiger partial charge in [0.1, 0.15) is 0 Å². The molecule has 160 valence electrons. The molecule has 0 aliphatic rings. The van der Waals surface area contributed by atoms with Gasteiger partial charge in [0.2, 0.25) is 9.84 Å². The fourth-order valence-corrected chi connectivity index (χ4v) is 5.65. The quantitative estimate of drug-likeness (QED) is 0.420. The van der Waals surface area contributed by atoms with E-state index in [1.165, 1.54) is 18.3 Å². The molecule has 1 aromatic heterocycles. The average molecular weight is 456 g/mol. The summed E-state index contributed by atoms with van der Waals surface area (Å²) in [4.78, 5) is 3.56. The highest BCUT2D eigenvalue weighted by Gasteiger charge is 2.21. The highest BCUT2D eigenvalue weighted by atomic mass is 32.2. The summed E-state index contributed by atoms with van der Waals surface area (Å²) in [7, 11) is -7.46. The Labute approximate surface area is 181 Å². The second-order valence-corrected chi connectivity index (χ2v) is 10.7. The van der Waals surface area contributed by atoms with Crippen LogP contribution in [0.5, 0.6) is 0 Å². The largest absolute Gasteiger partial charge is 0.360 e. The number of sulfone groups is 1. The molecule has 6 nitrogen and oxygen atoms in total. The summed E-state index contributed by atoms with van der Waals surface area (Å²) in [5, 5.41) is 0.584. The van der Waals surface area contributed by atoms with Crippen molar-refractivity contribution in [1.29, 1.82) is 0 Å². The fourth-order valence-electron chi connectivity index (χ4n) is 3.29. The van der Waals surface area contributed by atoms with E-state index in [0.717, 1.165) is 11.1 Å².